The van der Waals surface area contributed by atoms with E-state index in [9.17, 15) is 0 Å². The highest BCUT2D eigenvalue weighted by Gasteiger charge is 2.11. The molecular formula is C19H25N3O. The maximum atomic E-state index is 5.41. The maximum Gasteiger partial charge on any atom is 0.0594 e. The van der Waals surface area contributed by atoms with E-state index in [4.69, 9.17) is 4.74 Å². The molecule has 4 heteroatoms. The summed E-state index contributed by atoms with van der Waals surface area (Å²) in [7, 11) is 0. The number of hydrogen-bond acceptors (Lipinski definition) is 4. The van der Waals surface area contributed by atoms with Crippen LogP contribution in [-0.2, 0) is 17.8 Å². The van der Waals surface area contributed by atoms with Crippen molar-refractivity contribution in [2.75, 3.05) is 26.3 Å². The molecule has 0 bridgehead atoms. The minimum absolute atomic E-state index is 0.298. The first-order chi connectivity index (χ1) is 11.3. The molecule has 1 aliphatic rings. The van der Waals surface area contributed by atoms with Crippen LogP contribution in [0.3, 0.4) is 0 Å². The zero-order chi connectivity index (χ0) is 15.9. The average molecular weight is 311 g/mol. The summed E-state index contributed by atoms with van der Waals surface area (Å²) in [4.78, 5) is 6.64. The van der Waals surface area contributed by atoms with Gasteiger partial charge in [-0.05, 0) is 29.7 Å². The van der Waals surface area contributed by atoms with E-state index in [1.807, 2.05) is 18.5 Å². The minimum Gasteiger partial charge on any atom is -0.379 e. The third-order valence-corrected chi connectivity index (χ3v) is 4.30. The molecule has 0 aliphatic carbocycles. The van der Waals surface area contributed by atoms with Crippen molar-refractivity contribution >= 4 is 0 Å². The highest BCUT2D eigenvalue weighted by atomic mass is 16.5. The molecule has 1 unspecified atom stereocenters. The first-order valence-corrected chi connectivity index (χ1v) is 8.32. The average Bonchev–Trinajstić information content (AvgIpc) is 2.62. The van der Waals surface area contributed by atoms with Crippen LogP contribution >= 0.6 is 0 Å². The molecule has 4 nitrogen and oxygen atoms in total. The fraction of sp³-hybridized carbons (Fsp3) is 0.421. The lowest BCUT2D eigenvalue weighted by molar-refractivity contribution is 0.0342. The second-order valence-corrected chi connectivity index (χ2v) is 6.10. The molecule has 23 heavy (non-hydrogen) atoms. The number of morpholine rings is 1. The van der Waals surface area contributed by atoms with Gasteiger partial charge in [-0.2, -0.15) is 0 Å². The number of rotatable bonds is 6. The summed E-state index contributed by atoms with van der Waals surface area (Å²) in [6.45, 7) is 7.81. The number of hydrogen-bond donors (Lipinski definition) is 1. The molecule has 2 aromatic rings. The standard InChI is InChI=1S/C19H25N3O/c1-16(19-6-3-7-20-14-19)21-13-17-4-2-5-18(12-17)15-22-8-10-23-11-9-22/h2-7,12,14,16,21H,8-11,13,15H2,1H3. The van der Waals surface area contributed by atoms with Crippen LogP contribution in [0.4, 0.5) is 0 Å². The smallest absolute Gasteiger partial charge is 0.0594 e. The third kappa shape index (κ3) is 4.86. The van der Waals surface area contributed by atoms with E-state index in [0.717, 1.165) is 39.4 Å². The Kier molecular flexibility index (Phi) is 5.75. The van der Waals surface area contributed by atoms with Crippen molar-refractivity contribution in [2.45, 2.75) is 26.1 Å². The lowest BCUT2D eigenvalue weighted by atomic mass is 10.1. The Balaban J connectivity index is 1.55. The molecule has 122 valence electrons. The van der Waals surface area contributed by atoms with Gasteiger partial charge in [0, 0.05) is 44.6 Å². The van der Waals surface area contributed by atoms with Crippen molar-refractivity contribution in [3.63, 3.8) is 0 Å². The number of pyridine rings is 1. The predicted octanol–water partition coefficient (Wildman–Crippen LogP) is 2.76. The van der Waals surface area contributed by atoms with Crippen LogP contribution < -0.4 is 5.32 Å². The fourth-order valence-corrected chi connectivity index (χ4v) is 2.88. The molecular weight excluding hydrogens is 286 g/mol. The Morgan fingerprint density at radius 1 is 1.17 bits per heavy atom. The molecule has 2 heterocycles. The van der Waals surface area contributed by atoms with Gasteiger partial charge in [0.25, 0.3) is 0 Å². The van der Waals surface area contributed by atoms with Gasteiger partial charge in [-0.3, -0.25) is 9.88 Å². The second kappa shape index (κ2) is 8.20. The van der Waals surface area contributed by atoms with Gasteiger partial charge in [-0.25, -0.2) is 0 Å². The summed E-state index contributed by atoms with van der Waals surface area (Å²) in [5.74, 6) is 0. The molecule has 1 aliphatic heterocycles. The molecule has 0 spiro atoms. The van der Waals surface area contributed by atoms with E-state index < -0.39 is 0 Å². The van der Waals surface area contributed by atoms with E-state index in [0.29, 0.717) is 6.04 Å². The second-order valence-electron chi connectivity index (χ2n) is 6.10. The Bertz CT molecular complexity index is 597. The van der Waals surface area contributed by atoms with Gasteiger partial charge < -0.3 is 10.1 Å². The number of benzene rings is 1. The Morgan fingerprint density at radius 3 is 2.78 bits per heavy atom. The summed E-state index contributed by atoms with van der Waals surface area (Å²) in [5.41, 5.74) is 3.92. The summed E-state index contributed by atoms with van der Waals surface area (Å²) < 4.78 is 5.41. The van der Waals surface area contributed by atoms with Crippen LogP contribution in [0.2, 0.25) is 0 Å². The summed E-state index contributed by atoms with van der Waals surface area (Å²) in [6.07, 6.45) is 3.73. The van der Waals surface area contributed by atoms with E-state index >= 15 is 0 Å². The van der Waals surface area contributed by atoms with E-state index in [2.05, 4.69) is 52.5 Å². The first kappa shape index (κ1) is 16.1. The molecule has 3 rings (SSSR count). The number of aromatic nitrogens is 1. The normalized spacial score (nSPS) is 17.1. The van der Waals surface area contributed by atoms with E-state index in [-0.39, 0.29) is 0 Å². The molecule has 1 N–H and O–H groups in total. The summed E-state index contributed by atoms with van der Waals surface area (Å²) in [6, 6.07) is 13.2. The van der Waals surface area contributed by atoms with Gasteiger partial charge in [-0.15, -0.1) is 0 Å². The maximum absolute atomic E-state index is 5.41. The molecule has 0 radical (unpaired) electrons. The lowest BCUT2D eigenvalue weighted by Crippen LogP contribution is -2.35. The van der Waals surface area contributed by atoms with Crippen molar-refractivity contribution < 1.29 is 4.74 Å². The summed E-state index contributed by atoms with van der Waals surface area (Å²) in [5, 5.41) is 3.57. The Labute approximate surface area is 138 Å². The molecule has 1 aromatic carbocycles. The van der Waals surface area contributed by atoms with Crippen molar-refractivity contribution in [3.8, 4) is 0 Å². The van der Waals surface area contributed by atoms with Crippen LogP contribution in [0.25, 0.3) is 0 Å². The van der Waals surface area contributed by atoms with Crippen molar-refractivity contribution in [1.29, 1.82) is 0 Å². The molecule has 0 saturated carbocycles. The number of nitrogens with one attached hydrogen (secondary N) is 1. The van der Waals surface area contributed by atoms with Crippen molar-refractivity contribution in [2.24, 2.45) is 0 Å². The van der Waals surface area contributed by atoms with Crippen LogP contribution in [0, 0.1) is 0 Å². The molecule has 1 saturated heterocycles. The number of ether oxygens (including phenoxy) is 1. The lowest BCUT2D eigenvalue weighted by Gasteiger charge is -2.26. The number of nitrogens with zero attached hydrogens (tertiary/aromatic N) is 2. The minimum atomic E-state index is 0.298. The van der Waals surface area contributed by atoms with Crippen LogP contribution in [-0.4, -0.2) is 36.2 Å². The van der Waals surface area contributed by atoms with Crippen LogP contribution in [0.5, 0.6) is 0 Å². The first-order valence-electron chi connectivity index (χ1n) is 8.32. The van der Waals surface area contributed by atoms with Gasteiger partial charge in [0.15, 0.2) is 0 Å². The van der Waals surface area contributed by atoms with Gasteiger partial charge in [-0.1, -0.05) is 30.3 Å². The van der Waals surface area contributed by atoms with Crippen molar-refractivity contribution in [1.82, 2.24) is 15.2 Å². The topological polar surface area (TPSA) is 37.4 Å². The van der Waals surface area contributed by atoms with E-state index in [1.54, 1.807) is 0 Å². The monoisotopic (exact) mass is 311 g/mol. The van der Waals surface area contributed by atoms with Gasteiger partial charge in [0.05, 0.1) is 13.2 Å². The predicted molar refractivity (Wildman–Crippen MR) is 92.0 cm³/mol. The molecule has 0 amide bonds. The molecule has 1 atom stereocenters. The fourth-order valence-electron chi connectivity index (χ4n) is 2.88. The Hall–Kier alpha value is -1.75. The highest BCUT2D eigenvalue weighted by molar-refractivity contribution is 5.24. The van der Waals surface area contributed by atoms with E-state index in [1.165, 1.54) is 16.7 Å². The van der Waals surface area contributed by atoms with Gasteiger partial charge in [0.1, 0.15) is 0 Å². The zero-order valence-electron chi connectivity index (χ0n) is 13.7. The van der Waals surface area contributed by atoms with Gasteiger partial charge in [0.2, 0.25) is 0 Å². The molecule has 1 fully saturated rings. The van der Waals surface area contributed by atoms with Crippen molar-refractivity contribution in [3.05, 3.63) is 65.5 Å². The van der Waals surface area contributed by atoms with Gasteiger partial charge >= 0.3 is 0 Å². The zero-order valence-corrected chi connectivity index (χ0v) is 13.7. The molecule has 1 aromatic heterocycles. The quantitative estimate of drug-likeness (QED) is 0.890. The highest BCUT2D eigenvalue weighted by Crippen LogP contribution is 2.13. The largest absolute Gasteiger partial charge is 0.379 e. The van der Waals surface area contributed by atoms with Crippen LogP contribution in [0.1, 0.15) is 29.7 Å². The summed E-state index contributed by atoms with van der Waals surface area (Å²) >= 11 is 0. The SMILES string of the molecule is CC(NCc1cccc(CN2CCOCC2)c1)c1cccnc1. The Morgan fingerprint density at radius 2 is 2.00 bits per heavy atom. The van der Waals surface area contributed by atoms with Crippen LogP contribution in [0.15, 0.2) is 48.8 Å². The third-order valence-electron chi connectivity index (χ3n) is 4.30.